The second kappa shape index (κ2) is 15.1. The van der Waals surface area contributed by atoms with Gasteiger partial charge in [0, 0.05) is 0 Å². The Morgan fingerprint density at radius 2 is 1.12 bits per heavy atom. The summed E-state index contributed by atoms with van der Waals surface area (Å²) in [6.07, 6.45) is 18.1. The predicted molar refractivity (Wildman–Crippen MR) is 122 cm³/mol. The molecule has 1 aromatic heterocycles. The van der Waals surface area contributed by atoms with E-state index in [1.165, 1.54) is 89.2 Å². The minimum atomic E-state index is -2.22. The Morgan fingerprint density at radius 1 is 0.615 bits per heavy atom. The van der Waals surface area contributed by atoms with E-state index < -0.39 is 18.4 Å². The average molecular weight is 468 g/mol. The third kappa shape index (κ3) is 8.84. The normalized spacial score (nSPS) is 12.0. The Balaban J connectivity index is 2.71. The maximum absolute atomic E-state index is 3.98. The van der Waals surface area contributed by atoms with Crippen LogP contribution in [-0.2, 0) is 6.42 Å². The van der Waals surface area contributed by atoms with Gasteiger partial charge < -0.3 is 0 Å². The maximum atomic E-state index is 3.98. The Kier molecular flexibility index (Phi) is 14.0. The number of rotatable bonds is 17. The van der Waals surface area contributed by atoms with Gasteiger partial charge in [-0.1, -0.05) is 0 Å². The van der Waals surface area contributed by atoms with Crippen LogP contribution in [0.15, 0.2) is 12.1 Å². The zero-order valence-corrected chi connectivity index (χ0v) is 21.3. The monoisotopic (exact) mass is 469 g/mol. The third-order valence-electron chi connectivity index (χ3n) is 6.14. The van der Waals surface area contributed by atoms with Gasteiger partial charge in [0.05, 0.1) is 0 Å². The van der Waals surface area contributed by atoms with Gasteiger partial charge in [0.25, 0.3) is 0 Å². The van der Waals surface area contributed by atoms with Gasteiger partial charge in [-0.05, 0) is 0 Å². The number of unbranched alkanes of at least 4 members (excludes halogenated alkanes) is 8. The van der Waals surface area contributed by atoms with Gasteiger partial charge in [0.1, 0.15) is 0 Å². The van der Waals surface area contributed by atoms with Gasteiger partial charge >= 0.3 is 169 Å². The Bertz CT molecular complexity index is 415. The standard InChI is InChI=1S/C12H20N.3C4H9.Sn/c1-2-3-4-5-6-7-9-12-10-8-11-13-12;3*1-3-4-2;/h8,10,13H,2-7,9H2,1H3;3*1,3-4H2,2H3;. The summed E-state index contributed by atoms with van der Waals surface area (Å²) in [6.45, 7) is 9.41. The number of nitrogens with one attached hydrogen (secondary N) is 1. The fraction of sp³-hybridized carbons (Fsp3) is 0.833. The third-order valence-corrected chi connectivity index (χ3v) is 21.5. The minimum absolute atomic E-state index is 1.27. The van der Waals surface area contributed by atoms with Crippen molar-refractivity contribution in [1.82, 2.24) is 4.98 Å². The van der Waals surface area contributed by atoms with E-state index >= 15 is 0 Å². The van der Waals surface area contributed by atoms with Crippen LogP contribution in [0.5, 0.6) is 0 Å². The molecule has 0 saturated carbocycles. The molecular formula is C24H47NSn. The molecular weight excluding hydrogens is 421 g/mol. The Hall–Kier alpha value is 0.0787. The molecule has 0 aliphatic rings. The Labute approximate surface area is 169 Å². The van der Waals surface area contributed by atoms with E-state index in [0.29, 0.717) is 0 Å². The molecule has 0 fully saturated rings. The van der Waals surface area contributed by atoms with Gasteiger partial charge in [-0.2, -0.15) is 0 Å². The van der Waals surface area contributed by atoms with E-state index in [1.54, 1.807) is 17.0 Å². The summed E-state index contributed by atoms with van der Waals surface area (Å²) >= 11 is -2.22. The number of hydrogen-bond acceptors (Lipinski definition) is 0. The number of aryl methyl sites for hydroxylation is 1. The van der Waals surface area contributed by atoms with E-state index in [-0.39, 0.29) is 0 Å². The molecule has 1 aromatic rings. The molecule has 26 heavy (non-hydrogen) atoms. The van der Waals surface area contributed by atoms with E-state index in [9.17, 15) is 0 Å². The molecule has 0 radical (unpaired) electrons. The van der Waals surface area contributed by atoms with Crippen molar-refractivity contribution in [3.8, 4) is 0 Å². The number of aromatic nitrogens is 1. The summed E-state index contributed by atoms with van der Waals surface area (Å²) in [4.78, 5) is 3.98. The van der Waals surface area contributed by atoms with E-state index in [4.69, 9.17) is 0 Å². The molecule has 0 unspecified atom stereocenters. The molecule has 0 atom stereocenters. The van der Waals surface area contributed by atoms with Crippen molar-refractivity contribution >= 4 is 22.1 Å². The Morgan fingerprint density at radius 3 is 1.65 bits per heavy atom. The first-order chi connectivity index (χ1) is 12.7. The van der Waals surface area contributed by atoms with Crippen LogP contribution in [0.3, 0.4) is 0 Å². The summed E-state index contributed by atoms with van der Waals surface area (Å²) in [7, 11) is 0. The molecule has 2 heteroatoms. The average Bonchev–Trinajstić information content (AvgIpc) is 3.14. The number of hydrogen-bond donors (Lipinski definition) is 1. The first-order valence-corrected chi connectivity index (χ1v) is 19.4. The molecule has 152 valence electrons. The van der Waals surface area contributed by atoms with Gasteiger partial charge in [-0.15, -0.1) is 0 Å². The molecule has 1 N–H and O–H groups in total. The molecule has 0 aliphatic carbocycles. The first-order valence-electron chi connectivity index (χ1n) is 11.9. The predicted octanol–water partition coefficient (Wildman–Crippen LogP) is 7.97. The molecule has 0 aromatic carbocycles. The fourth-order valence-electron chi connectivity index (χ4n) is 4.32. The van der Waals surface area contributed by atoms with Gasteiger partial charge in [0.15, 0.2) is 0 Å². The summed E-state index contributed by atoms with van der Waals surface area (Å²) in [5.41, 5.74) is 1.53. The molecule has 0 aliphatic heterocycles. The zero-order valence-electron chi connectivity index (χ0n) is 18.5. The first kappa shape index (κ1) is 24.1. The SMILES string of the molecule is CCCCCCCCc1cc[c]([Sn]([CH2]CCC)([CH2]CCC)[CH2]CCC)[nH]1. The fourth-order valence-corrected chi connectivity index (χ4v) is 20.0. The van der Waals surface area contributed by atoms with Crippen LogP contribution in [0, 0.1) is 0 Å². The van der Waals surface area contributed by atoms with Crippen molar-refractivity contribution in [2.75, 3.05) is 0 Å². The van der Waals surface area contributed by atoms with Crippen LogP contribution in [0.1, 0.15) is 110 Å². The van der Waals surface area contributed by atoms with Crippen molar-refractivity contribution in [2.24, 2.45) is 0 Å². The summed E-state index contributed by atoms with van der Waals surface area (Å²) in [5, 5.41) is 0. The molecule has 1 heterocycles. The van der Waals surface area contributed by atoms with E-state index in [2.05, 4.69) is 44.8 Å². The van der Waals surface area contributed by atoms with Crippen LogP contribution in [-0.4, -0.2) is 23.4 Å². The molecule has 1 rings (SSSR count). The molecule has 0 amide bonds. The van der Waals surface area contributed by atoms with Crippen LogP contribution in [0.25, 0.3) is 0 Å². The van der Waals surface area contributed by atoms with Crippen molar-refractivity contribution in [2.45, 2.75) is 124 Å². The van der Waals surface area contributed by atoms with Crippen LogP contribution in [0.2, 0.25) is 13.3 Å². The quantitative estimate of drug-likeness (QED) is 0.176. The topological polar surface area (TPSA) is 15.8 Å². The second-order valence-corrected chi connectivity index (χ2v) is 21.6. The number of H-pyrrole nitrogens is 1. The van der Waals surface area contributed by atoms with E-state index in [0.717, 1.165) is 0 Å². The van der Waals surface area contributed by atoms with Crippen molar-refractivity contribution < 1.29 is 0 Å². The second-order valence-electron chi connectivity index (χ2n) is 8.51. The van der Waals surface area contributed by atoms with Gasteiger partial charge in [-0.3, -0.25) is 0 Å². The van der Waals surface area contributed by atoms with Crippen LogP contribution < -0.4 is 3.71 Å². The van der Waals surface area contributed by atoms with Gasteiger partial charge in [-0.25, -0.2) is 0 Å². The zero-order chi connectivity index (χ0) is 19.1. The summed E-state index contributed by atoms with van der Waals surface area (Å²) in [5.74, 6) is 0. The molecule has 0 bridgehead atoms. The van der Waals surface area contributed by atoms with Crippen LogP contribution >= 0.6 is 0 Å². The van der Waals surface area contributed by atoms with Gasteiger partial charge in [0.2, 0.25) is 0 Å². The molecule has 0 saturated heterocycles. The van der Waals surface area contributed by atoms with Crippen molar-refractivity contribution in [1.29, 1.82) is 0 Å². The van der Waals surface area contributed by atoms with E-state index in [1.807, 2.05) is 0 Å². The summed E-state index contributed by atoms with van der Waals surface area (Å²) < 4.78 is 6.47. The molecule has 0 spiro atoms. The van der Waals surface area contributed by atoms with Crippen molar-refractivity contribution in [3.63, 3.8) is 0 Å². The number of aromatic amines is 1. The van der Waals surface area contributed by atoms with Crippen LogP contribution in [0.4, 0.5) is 0 Å². The molecule has 1 nitrogen and oxygen atoms in total. The summed E-state index contributed by atoms with van der Waals surface area (Å²) in [6, 6.07) is 4.97. The van der Waals surface area contributed by atoms with Crippen molar-refractivity contribution in [3.05, 3.63) is 17.8 Å².